The van der Waals surface area contributed by atoms with Crippen LogP contribution in [-0.4, -0.2) is 31.0 Å². The summed E-state index contributed by atoms with van der Waals surface area (Å²) >= 11 is 5.24. The Hall–Kier alpha value is -0.320. The van der Waals surface area contributed by atoms with Gasteiger partial charge in [-0.3, -0.25) is 0 Å². The molecule has 0 aliphatic rings. The Bertz CT molecular complexity index is 327. The van der Waals surface area contributed by atoms with Gasteiger partial charge in [0.1, 0.15) is 6.29 Å². The van der Waals surface area contributed by atoms with Crippen LogP contribution < -0.4 is 0 Å². The van der Waals surface area contributed by atoms with Crippen LogP contribution in [0.1, 0.15) is 18.4 Å². The number of thioether (sulfide) groups is 1. The average molecular weight is 331 g/mol. The van der Waals surface area contributed by atoms with E-state index in [4.69, 9.17) is 4.74 Å². The molecule has 1 rings (SSSR count). The number of benzene rings is 1. The van der Waals surface area contributed by atoms with E-state index in [0.29, 0.717) is 6.42 Å². The van der Waals surface area contributed by atoms with Crippen molar-refractivity contribution in [3.8, 4) is 0 Å². The Kier molecular flexibility index (Phi) is 9.26. The van der Waals surface area contributed by atoms with E-state index in [2.05, 4.69) is 40.2 Å². The Morgan fingerprint density at radius 2 is 1.94 bits per heavy atom. The van der Waals surface area contributed by atoms with E-state index in [1.807, 2.05) is 11.8 Å². The maximum absolute atomic E-state index is 10.1. The SMILES string of the molecule is O=CCCSCCCOCCc1ccc(Br)cc1. The van der Waals surface area contributed by atoms with Gasteiger partial charge in [-0.15, -0.1) is 0 Å². The van der Waals surface area contributed by atoms with E-state index in [-0.39, 0.29) is 0 Å². The van der Waals surface area contributed by atoms with Gasteiger partial charge in [0, 0.05) is 17.5 Å². The summed E-state index contributed by atoms with van der Waals surface area (Å²) in [6.45, 7) is 1.59. The summed E-state index contributed by atoms with van der Waals surface area (Å²) in [4.78, 5) is 10.1. The van der Waals surface area contributed by atoms with Gasteiger partial charge in [-0.1, -0.05) is 28.1 Å². The topological polar surface area (TPSA) is 26.3 Å². The van der Waals surface area contributed by atoms with E-state index >= 15 is 0 Å². The molecule has 1 aromatic rings. The fourth-order valence-electron chi connectivity index (χ4n) is 1.44. The molecule has 0 radical (unpaired) electrons. The van der Waals surface area contributed by atoms with Crippen molar-refractivity contribution in [2.24, 2.45) is 0 Å². The van der Waals surface area contributed by atoms with Crippen molar-refractivity contribution in [1.29, 1.82) is 0 Å². The number of halogens is 1. The lowest BCUT2D eigenvalue weighted by atomic mass is 10.2. The second-order valence-corrected chi connectivity index (χ2v) is 6.05. The molecule has 0 aromatic heterocycles. The minimum absolute atomic E-state index is 0.662. The molecule has 0 spiro atoms. The van der Waals surface area contributed by atoms with E-state index in [9.17, 15) is 4.79 Å². The van der Waals surface area contributed by atoms with Gasteiger partial charge in [0.2, 0.25) is 0 Å². The van der Waals surface area contributed by atoms with Gasteiger partial charge in [0.05, 0.1) is 6.61 Å². The number of hydrogen-bond acceptors (Lipinski definition) is 3. The zero-order chi connectivity index (χ0) is 13.1. The van der Waals surface area contributed by atoms with Crippen LogP contribution in [0.3, 0.4) is 0 Å². The number of aldehydes is 1. The molecule has 0 N–H and O–H groups in total. The van der Waals surface area contributed by atoms with Crippen molar-refractivity contribution in [2.75, 3.05) is 24.7 Å². The first-order valence-electron chi connectivity index (χ1n) is 6.16. The minimum atomic E-state index is 0.662. The fourth-order valence-corrected chi connectivity index (χ4v) is 2.49. The predicted octanol–water partition coefficient (Wildman–Crippen LogP) is 3.72. The summed E-state index contributed by atoms with van der Waals surface area (Å²) in [5.74, 6) is 2.01. The van der Waals surface area contributed by atoms with E-state index in [1.54, 1.807) is 0 Å². The summed E-state index contributed by atoms with van der Waals surface area (Å²) in [6, 6.07) is 8.34. The molecule has 4 heteroatoms. The van der Waals surface area contributed by atoms with Crippen LogP contribution in [0.5, 0.6) is 0 Å². The zero-order valence-corrected chi connectivity index (χ0v) is 12.8. The second-order valence-electron chi connectivity index (χ2n) is 3.91. The molecular formula is C14H19BrO2S. The van der Waals surface area contributed by atoms with Crippen molar-refractivity contribution in [1.82, 2.24) is 0 Å². The molecule has 0 fully saturated rings. The quantitative estimate of drug-likeness (QED) is 0.483. The first-order chi connectivity index (χ1) is 8.83. The Morgan fingerprint density at radius 3 is 2.67 bits per heavy atom. The lowest BCUT2D eigenvalue weighted by molar-refractivity contribution is -0.107. The van der Waals surface area contributed by atoms with Crippen LogP contribution in [0.2, 0.25) is 0 Å². The van der Waals surface area contributed by atoms with Crippen LogP contribution in [0, 0.1) is 0 Å². The minimum Gasteiger partial charge on any atom is -0.381 e. The molecule has 100 valence electrons. The van der Waals surface area contributed by atoms with Gasteiger partial charge in [-0.2, -0.15) is 11.8 Å². The summed E-state index contributed by atoms with van der Waals surface area (Å²) in [7, 11) is 0. The van der Waals surface area contributed by atoms with Gasteiger partial charge in [0.25, 0.3) is 0 Å². The van der Waals surface area contributed by atoms with E-state index in [1.165, 1.54) is 5.56 Å². The van der Waals surface area contributed by atoms with E-state index in [0.717, 1.165) is 48.3 Å². The highest BCUT2D eigenvalue weighted by Gasteiger charge is 1.94. The molecule has 0 saturated carbocycles. The maximum Gasteiger partial charge on any atom is 0.120 e. The van der Waals surface area contributed by atoms with Crippen LogP contribution in [0.4, 0.5) is 0 Å². The van der Waals surface area contributed by atoms with Gasteiger partial charge in [-0.25, -0.2) is 0 Å². The van der Waals surface area contributed by atoms with Crippen molar-refractivity contribution >= 4 is 34.0 Å². The molecule has 0 atom stereocenters. The average Bonchev–Trinajstić information content (AvgIpc) is 2.39. The van der Waals surface area contributed by atoms with Crippen LogP contribution in [-0.2, 0) is 16.0 Å². The molecule has 0 bridgehead atoms. The third kappa shape index (κ3) is 7.90. The molecule has 0 aliphatic heterocycles. The molecule has 18 heavy (non-hydrogen) atoms. The van der Waals surface area contributed by atoms with Crippen LogP contribution in [0.25, 0.3) is 0 Å². The Morgan fingerprint density at radius 1 is 1.17 bits per heavy atom. The second kappa shape index (κ2) is 10.6. The highest BCUT2D eigenvalue weighted by molar-refractivity contribution is 9.10. The smallest absolute Gasteiger partial charge is 0.120 e. The largest absolute Gasteiger partial charge is 0.381 e. The molecule has 1 aromatic carbocycles. The first-order valence-corrected chi connectivity index (χ1v) is 8.11. The molecule has 0 saturated heterocycles. The third-order valence-electron chi connectivity index (χ3n) is 2.41. The number of carbonyl (C=O) groups is 1. The Labute approximate surface area is 122 Å². The van der Waals surface area contributed by atoms with Crippen molar-refractivity contribution in [3.63, 3.8) is 0 Å². The molecule has 2 nitrogen and oxygen atoms in total. The monoisotopic (exact) mass is 330 g/mol. The molecule has 0 heterocycles. The van der Waals surface area contributed by atoms with Gasteiger partial charge >= 0.3 is 0 Å². The van der Waals surface area contributed by atoms with Crippen LogP contribution in [0.15, 0.2) is 28.7 Å². The summed E-state index contributed by atoms with van der Waals surface area (Å²) in [6.07, 6.45) is 3.66. The van der Waals surface area contributed by atoms with Gasteiger partial charge in [-0.05, 0) is 42.0 Å². The number of carbonyl (C=O) groups excluding carboxylic acids is 1. The number of hydrogen-bond donors (Lipinski definition) is 0. The normalized spacial score (nSPS) is 10.5. The fraction of sp³-hybridized carbons (Fsp3) is 0.500. The first kappa shape index (κ1) is 15.7. The molecular weight excluding hydrogens is 312 g/mol. The number of rotatable bonds is 10. The Balaban J connectivity index is 1.92. The van der Waals surface area contributed by atoms with Crippen molar-refractivity contribution in [3.05, 3.63) is 34.3 Å². The number of ether oxygens (including phenoxy) is 1. The summed E-state index contributed by atoms with van der Waals surface area (Å²) in [5.41, 5.74) is 1.30. The zero-order valence-electron chi connectivity index (χ0n) is 10.4. The van der Waals surface area contributed by atoms with Crippen molar-refractivity contribution < 1.29 is 9.53 Å². The third-order valence-corrected chi connectivity index (χ3v) is 4.04. The molecule has 0 aliphatic carbocycles. The van der Waals surface area contributed by atoms with Gasteiger partial charge in [0.15, 0.2) is 0 Å². The predicted molar refractivity (Wildman–Crippen MR) is 81.3 cm³/mol. The lowest BCUT2D eigenvalue weighted by Gasteiger charge is -2.04. The van der Waals surface area contributed by atoms with E-state index < -0.39 is 0 Å². The highest BCUT2D eigenvalue weighted by Crippen LogP contribution is 2.11. The lowest BCUT2D eigenvalue weighted by Crippen LogP contribution is -2.01. The van der Waals surface area contributed by atoms with Gasteiger partial charge < -0.3 is 9.53 Å². The summed E-state index contributed by atoms with van der Waals surface area (Å²) < 4.78 is 6.69. The summed E-state index contributed by atoms with van der Waals surface area (Å²) in [5, 5.41) is 0. The molecule has 0 amide bonds. The van der Waals surface area contributed by atoms with Crippen molar-refractivity contribution in [2.45, 2.75) is 19.3 Å². The standard InChI is InChI=1S/C14H19BrO2S/c15-14-5-3-13(4-6-14)7-10-17-9-2-12-18-11-1-8-16/h3-6,8H,1-2,7,9-12H2. The highest BCUT2D eigenvalue weighted by atomic mass is 79.9. The maximum atomic E-state index is 10.1. The van der Waals surface area contributed by atoms with Crippen LogP contribution >= 0.6 is 27.7 Å². The molecule has 0 unspecified atom stereocenters.